The number of fused-ring (bicyclic) bond motifs is 1. The molecule has 1 saturated heterocycles. The van der Waals surface area contributed by atoms with Gasteiger partial charge < -0.3 is 14.7 Å². The Kier molecular flexibility index (Phi) is 5.67. The van der Waals surface area contributed by atoms with Gasteiger partial charge in [0, 0.05) is 22.5 Å². The monoisotopic (exact) mass is 463 g/mol. The summed E-state index contributed by atoms with van der Waals surface area (Å²) in [4.78, 5) is 20.1. The number of amides is 1. The molecule has 0 spiro atoms. The van der Waals surface area contributed by atoms with Crippen LogP contribution in [0.3, 0.4) is 0 Å². The van der Waals surface area contributed by atoms with Crippen LogP contribution in [0, 0.1) is 0 Å². The third-order valence-electron chi connectivity index (χ3n) is 5.81. The number of likely N-dealkylation sites (tertiary alicyclic amines) is 1. The highest BCUT2D eigenvalue weighted by Gasteiger charge is 2.45. The van der Waals surface area contributed by atoms with Crippen molar-refractivity contribution in [2.24, 2.45) is 4.99 Å². The first kappa shape index (κ1) is 21.1. The van der Waals surface area contributed by atoms with Crippen LogP contribution in [-0.2, 0) is 12.0 Å². The van der Waals surface area contributed by atoms with Crippen LogP contribution in [0.25, 0.3) is 0 Å². The Morgan fingerprint density at radius 3 is 2.66 bits per heavy atom. The van der Waals surface area contributed by atoms with Gasteiger partial charge in [-0.3, -0.25) is 9.79 Å². The van der Waals surface area contributed by atoms with Crippen LogP contribution in [0.4, 0.5) is 11.4 Å². The molecule has 2 heterocycles. The lowest BCUT2D eigenvalue weighted by atomic mass is 9.85. The van der Waals surface area contributed by atoms with Gasteiger partial charge in [0.1, 0.15) is 5.60 Å². The zero-order valence-corrected chi connectivity index (χ0v) is 18.9. The maximum atomic E-state index is 12.8. The number of carbonyl (C=O) groups is 1. The molecule has 5 rings (SSSR count). The number of β-amino-alcohol motifs (C(OH)–C–C–N with tert-alkyl or cyclic N) is 1. The molecule has 0 saturated carbocycles. The minimum Gasteiger partial charge on any atom is -0.381 e. The van der Waals surface area contributed by atoms with Gasteiger partial charge in [-0.1, -0.05) is 35.9 Å². The van der Waals surface area contributed by atoms with Gasteiger partial charge in [-0.15, -0.1) is 0 Å². The Morgan fingerprint density at radius 2 is 1.88 bits per heavy atom. The van der Waals surface area contributed by atoms with Gasteiger partial charge in [-0.2, -0.15) is 0 Å². The van der Waals surface area contributed by atoms with E-state index >= 15 is 0 Å². The fraction of sp³-hybridized carbons (Fsp3) is 0.200. The number of nitrogens with zero attached hydrogens (tertiary/aromatic N) is 2. The molecule has 0 radical (unpaired) electrons. The average Bonchev–Trinajstić information content (AvgIpc) is 2.80. The molecule has 7 heteroatoms. The van der Waals surface area contributed by atoms with Crippen molar-refractivity contribution in [2.75, 3.05) is 17.8 Å². The molecule has 0 aliphatic carbocycles. The van der Waals surface area contributed by atoms with Crippen LogP contribution in [0.1, 0.15) is 27.9 Å². The normalized spacial score (nSPS) is 16.2. The SMILES string of the molecule is O=C(c1ccc(NSc2cccc3c2N=CCC3)cc1)N1CC(O)(c2cccc(Cl)c2)C1. The van der Waals surface area contributed by atoms with Crippen LogP contribution in [0.15, 0.2) is 76.6 Å². The fourth-order valence-corrected chi connectivity index (χ4v) is 5.02. The quantitative estimate of drug-likeness (QED) is 0.494. The Labute approximate surface area is 196 Å². The number of hydrogen-bond donors (Lipinski definition) is 2. The first-order chi connectivity index (χ1) is 15.5. The van der Waals surface area contributed by atoms with Crippen LogP contribution >= 0.6 is 23.5 Å². The van der Waals surface area contributed by atoms with E-state index in [0.717, 1.165) is 34.7 Å². The topological polar surface area (TPSA) is 64.9 Å². The van der Waals surface area contributed by atoms with Crippen LogP contribution in [0.2, 0.25) is 5.02 Å². The molecule has 2 N–H and O–H groups in total. The van der Waals surface area contributed by atoms with Crippen molar-refractivity contribution in [1.82, 2.24) is 4.90 Å². The number of rotatable bonds is 5. The molecule has 5 nitrogen and oxygen atoms in total. The maximum Gasteiger partial charge on any atom is 0.254 e. The smallest absolute Gasteiger partial charge is 0.254 e. The molecule has 2 aliphatic rings. The van der Waals surface area contributed by atoms with E-state index in [1.807, 2.05) is 30.5 Å². The van der Waals surface area contributed by atoms with Crippen molar-refractivity contribution >= 4 is 47.0 Å². The second-order valence-corrected chi connectivity index (χ2v) is 9.38. The fourth-order valence-electron chi connectivity index (χ4n) is 4.04. The van der Waals surface area contributed by atoms with E-state index in [1.165, 1.54) is 17.5 Å². The summed E-state index contributed by atoms with van der Waals surface area (Å²) in [7, 11) is 0. The molecule has 2 aliphatic heterocycles. The van der Waals surface area contributed by atoms with Gasteiger partial charge >= 0.3 is 0 Å². The van der Waals surface area contributed by atoms with E-state index in [0.29, 0.717) is 10.6 Å². The van der Waals surface area contributed by atoms with Crippen LogP contribution in [0.5, 0.6) is 0 Å². The lowest BCUT2D eigenvalue weighted by Gasteiger charge is -2.46. The standard InChI is InChI=1S/C25H22ClN3O2S/c26-20-7-2-6-19(14-20)25(31)15-29(16-25)24(30)18-9-11-21(12-10-18)28-32-22-8-1-4-17-5-3-13-27-23(17)22/h1-2,4,6-14,28,31H,3,5,15-16H2. The molecular formula is C25H22ClN3O2S. The molecule has 0 bridgehead atoms. The largest absolute Gasteiger partial charge is 0.381 e. The molecule has 3 aromatic carbocycles. The number of aryl methyl sites for hydroxylation is 1. The molecule has 32 heavy (non-hydrogen) atoms. The summed E-state index contributed by atoms with van der Waals surface area (Å²) in [5, 5.41) is 11.4. The van der Waals surface area contributed by atoms with Crippen LogP contribution in [-0.4, -0.2) is 35.2 Å². The van der Waals surface area contributed by atoms with Crippen molar-refractivity contribution in [3.05, 3.63) is 88.4 Å². The van der Waals surface area contributed by atoms with E-state index in [-0.39, 0.29) is 19.0 Å². The predicted molar refractivity (Wildman–Crippen MR) is 130 cm³/mol. The number of benzene rings is 3. The number of halogens is 1. The second-order valence-electron chi connectivity index (χ2n) is 8.10. The van der Waals surface area contributed by atoms with Gasteiger partial charge in [0.15, 0.2) is 0 Å². The highest BCUT2D eigenvalue weighted by atomic mass is 35.5. The van der Waals surface area contributed by atoms with E-state index in [2.05, 4.69) is 27.9 Å². The van der Waals surface area contributed by atoms with Crippen LogP contribution < -0.4 is 4.72 Å². The van der Waals surface area contributed by atoms with Crippen molar-refractivity contribution in [3.8, 4) is 0 Å². The molecule has 0 aromatic heterocycles. The average molecular weight is 464 g/mol. The number of nitrogens with one attached hydrogen (secondary N) is 1. The van der Waals surface area contributed by atoms with E-state index in [1.54, 1.807) is 29.2 Å². The highest BCUT2D eigenvalue weighted by molar-refractivity contribution is 8.00. The molecule has 1 amide bonds. The van der Waals surface area contributed by atoms with Gasteiger partial charge in [0.2, 0.25) is 0 Å². The summed E-state index contributed by atoms with van der Waals surface area (Å²) >= 11 is 7.56. The van der Waals surface area contributed by atoms with Crippen molar-refractivity contribution < 1.29 is 9.90 Å². The summed E-state index contributed by atoms with van der Waals surface area (Å²) < 4.78 is 3.34. The van der Waals surface area contributed by atoms with Gasteiger partial charge in [0.25, 0.3) is 5.91 Å². The zero-order chi connectivity index (χ0) is 22.1. The van der Waals surface area contributed by atoms with E-state index < -0.39 is 5.60 Å². The first-order valence-corrected chi connectivity index (χ1v) is 11.7. The molecule has 1 fully saturated rings. The minimum atomic E-state index is -1.05. The summed E-state index contributed by atoms with van der Waals surface area (Å²) in [6.45, 7) is 0.503. The zero-order valence-electron chi connectivity index (χ0n) is 17.3. The van der Waals surface area contributed by atoms with Crippen molar-refractivity contribution in [2.45, 2.75) is 23.3 Å². The van der Waals surface area contributed by atoms with E-state index in [9.17, 15) is 9.90 Å². The van der Waals surface area contributed by atoms with Crippen molar-refractivity contribution in [3.63, 3.8) is 0 Å². The Balaban J connectivity index is 1.20. The summed E-state index contributed by atoms with van der Waals surface area (Å²) in [6.07, 6.45) is 3.97. The number of hydrogen-bond acceptors (Lipinski definition) is 5. The Morgan fingerprint density at radius 1 is 1.09 bits per heavy atom. The van der Waals surface area contributed by atoms with E-state index in [4.69, 9.17) is 11.6 Å². The van der Waals surface area contributed by atoms with Gasteiger partial charge in [0.05, 0.1) is 23.7 Å². The summed E-state index contributed by atoms with van der Waals surface area (Å²) in [5.41, 5.74) is 3.49. The number of carbonyl (C=O) groups excluding carboxylic acids is 1. The summed E-state index contributed by atoms with van der Waals surface area (Å²) in [6, 6.07) is 20.8. The third-order valence-corrected chi connectivity index (χ3v) is 6.93. The molecule has 162 valence electrons. The maximum absolute atomic E-state index is 12.8. The predicted octanol–water partition coefficient (Wildman–Crippen LogP) is 5.45. The summed E-state index contributed by atoms with van der Waals surface area (Å²) in [5.74, 6) is -0.0950. The third kappa shape index (κ3) is 4.13. The number of aliphatic hydroxyl groups is 1. The molecule has 0 unspecified atom stereocenters. The molecule has 3 aromatic rings. The second kappa shape index (κ2) is 8.62. The number of aliphatic imine (C=N–C) groups is 1. The van der Waals surface area contributed by atoms with Gasteiger partial charge in [-0.25, -0.2) is 0 Å². The highest BCUT2D eigenvalue weighted by Crippen LogP contribution is 2.36. The number of anilines is 1. The Hall–Kier alpha value is -2.80. The van der Waals surface area contributed by atoms with Gasteiger partial charge in [-0.05, 0) is 78.4 Å². The molecular weight excluding hydrogens is 442 g/mol. The van der Waals surface area contributed by atoms with Crippen molar-refractivity contribution in [1.29, 1.82) is 0 Å². The Bertz CT molecular complexity index is 1190. The molecule has 0 atom stereocenters. The number of para-hydroxylation sites is 1. The first-order valence-electron chi connectivity index (χ1n) is 10.5. The minimum absolute atomic E-state index is 0.0950. The lowest BCUT2D eigenvalue weighted by molar-refractivity contribution is -0.0863. The lowest BCUT2D eigenvalue weighted by Crippen LogP contribution is -2.61.